The first-order chi connectivity index (χ1) is 5.29. The van der Waals surface area contributed by atoms with E-state index in [2.05, 4.69) is 6.08 Å². The Kier molecular flexibility index (Phi) is 3.33. The molecule has 1 aliphatic rings. The lowest BCUT2D eigenvalue weighted by Crippen LogP contribution is -1.98. The van der Waals surface area contributed by atoms with Crippen molar-refractivity contribution in [1.82, 2.24) is 0 Å². The average molecular weight is 154 g/mol. The molecule has 1 rings (SSSR count). The van der Waals surface area contributed by atoms with Crippen LogP contribution in [-0.4, -0.2) is 16.5 Å². The summed E-state index contributed by atoms with van der Waals surface area (Å²) >= 11 is 0. The SMILES string of the molecule is OC(O)/C=C/C1=CCCCC1. The highest BCUT2D eigenvalue weighted by molar-refractivity contribution is 5.20. The third-order valence-corrected chi connectivity index (χ3v) is 1.81. The first-order valence-corrected chi connectivity index (χ1v) is 4.02. The quantitative estimate of drug-likeness (QED) is 0.589. The molecule has 2 N–H and O–H groups in total. The highest BCUT2D eigenvalue weighted by atomic mass is 16.5. The Balaban J connectivity index is 2.41. The normalized spacial score (nSPS) is 19.4. The van der Waals surface area contributed by atoms with Crippen LogP contribution < -0.4 is 0 Å². The Labute approximate surface area is 66.9 Å². The number of rotatable bonds is 2. The Morgan fingerprint density at radius 2 is 2.18 bits per heavy atom. The summed E-state index contributed by atoms with van der Waals surface area (Å²) in [5.41, 5.74) is 1.23. The van der Waals surface area contributed by atoms with E-state index in [1.54, 1.807) is 6.08 Å². The molecule has 0 amide bonds. The van der Waals surface area contributed by atoms with Gasteiger partial charge < -0.3 is 10.2 Å². The molecule has 11 heavy (non-hydrogen) atoms. The Hall–Kier alpha value is -0.600. The van der Waals surface area contributed by atoms with Crippen molar-refractivity contribution in [3.8, 4) is 0 Å². The summed E-state index contributed by atoms with van der Waals surface area (Å²) in [4.78, 5) is 0. The van der Waals surface area contributed by atoms with Gasteiger partial charge in [0.25, 0.3) is 0 Å². The predicted molar refractivity (Wildman–Crippen MR) is 43.9 cm³/mol. The van der Waals surface area contributed by atoms with Crippen molar-refractivity contribution in [3.05, 3.63) is 23.8 Å². The number of aliphatic hydroxyl groups is 2. The van der Waals surface area contributed by atoms with Gasteiger partial charge in [0, 0.05) is 0 Å². The van der Waals surface area contributed by atoms with Crippen LogP contribution in [0.15, 0.2) is 23.8 Å². The molecule has 0 unspecified atom stereocenters. The van der Waals surface area contributed by atoms with Gasteiger partial charge in [0.2, 0.25) is 0 Å². The lowest BCUT2D eigenvalue weighted by Gasteiger charge is -2.07. The van der Waals surface area contributed by atoms with E-state index >= 15 is 0 Å². The van der Waals surface area contributed by atoms with Crippen molar-refractivity contribution in [2.75, 3.05) is 0 Å². The van der Waals surface area contributed by atoms with Gasteiger partial charge in [-0.2, -0.15) is 0 Å². The fourth-order valence-electron chi connectivity index (χ4n) is 1.22. The molecule has 0 aromatic rings. The highest BCUT2D eigenvalue weighted by Gasteiger charge is 1.99. The van der Waals surface area contributed by atoms with Crippen LogP contribution >= 0.6 is 0 Å². The minimum atomic E-state index is -1.31. The van der Waals surface area contributed by atoms with E-state index in [9.17, 15) is 0 Å². The van der Waals surface area contributed by atoms with Gasteiger partial charge in [-0.3, -0.25) is 0 Å². The zero-order valence-electron chi connectivity index (χ0n) is 6.53. The molecule has 0 aromatic heterocycles. The third kappa shape index (κ3) is 3.35. The molecule has 62 valence electrons. The molecule has 0 atom stereocenters. The summed E-state index contributed by atoms with van der Waals surface area (Å²) in [7, 11) is 0. The van der Waals surface area contributed by atoms with Crippen LogP contribution in [0.3, 0.4) is 0 Å². The maximum atomic E-state index is 8.52. The van der Waals surface area contributed by atoms with Crippen LogP contribution in [0.2, 0.25) is 0 Å². The molecule has 0 aliphatic heterocycles. The summed E-state index contributed by atoms with van der Waals surface area (Å²) in [6.07, 6.45) is 8.72. The van der Waals surface area contributed by atoms with Gasteiger partial charge >= 0.3 is 0 Å². The van der Waals surface area contributed by atoms with E-state index in [0.29, 0.717) is 0 Å². The molecule has 0 bridgehead atoms. The molecular formula is C9H14O2. The van der Waals surface area contributed by atoms with Crippen molar-refractivity contribution < 1.29 is 10.2 Å². The van der Waals surface area contributed by atoms with Crippen LogP contribution in [0.5, 0.6) is 0 Å². The van der Waals surface area contributed by atoms with Crippen LogP contribution in [0, 0.1) is 0 Å². The molecule has 0 saturated carbocycles. The van der Waals surface area contributed by atoms with Gasteiger partial charge in [0.1, 0.15) is 0 Å². The van der Waals surface area contributed by atoms with Crippen molar-refractivity contribution in [3.63, 3.8) is 0 Å². The van der Waals surface area contributed by atoms with Crippen LogP contribution in [0.25, 0.3) is 0 Å². The summed E-state index contributed by atoms with van der Waals surface area (Å²) in [6, 6.07) is 0. The minimum absolute atomic E-state index is 1.07. The lowest BCUT2D eigenvalue weighted by atomic mass is 9.99. The van der Waals surface area contributed by atoms with Crippen LogP contribution in [0.1, 0.15) is 25.7 Å². The molecule has 2 nitrogen and oxygen atoms in total. The van der Waals surface area contributed by atoms with Crippen molar-refractivity contribution in [2.24, 2.45) is 0 Å². The van der Waals surface area contributed by atoms with E-state index in [4.69, 9.17) is 10.2 Å². The second-order valence-electron chi connectivity index (χ2n) is 2.80. The second kappa shape index (κ2) is 4.31. The van der Waals surface area contributed by atoms with Gasteiger partial charge in [-0.15, -0.1) is 0 Å². The Bertz CT molecular complexity index is 168. The summed E-state index contributed by atoms with van der Waals surface area (Å²) in [6.45, 7) is 0. The average Bonchev–Trinajstić information content (AvgIpc) is 2.03. The van der Waals surface area contributed by atoms with Gasteiger partial charge in [-0.05, 0) is 31.8 Å². The smallest absolute Gasteiger partial charge is 0.171 e. The Morgan fingerprint density at radius 1 is 1.36 bits per heavy atom. The van der Waals surface area contributed by atoms with E-state index in [1.807, 2.05) is 0 Å². The highest BCUT2D eigenvalue weighted by Crippen LogP contribution is 2.17. The topological polar surface area (TPSA) is 40.5 Å². The molecule has 1 aliphatic carbocycles. The molecule has 0 spiro atoms. The van der Waals surface area contributed by atoms with Crippen molar-refractivity contribution in [1.29, 1.82) is 0 Å². The largest absolute Gasteiger partial charge is 0.365 e. The molecule has 0 heterocycles. The molecule has 2 heteroatoms. The maximum Gasteiger partial charge on any atom is 0.171 e. The van der Waals surface area contributed by atoms with Gasteiger partial charge in [-0.25, -0.2) is 0 Å². The summed E-state index contributed by atoms with van der Waals surface area (Å²) < 4.78 is 0. The number of hydrogen-bond acceptors (Lipinski definition) is 2. The van der Waals surface area contributed by atoms with Crippen molar-refractivity contribution >= 4 is 0 Å². The maximum absolute atomic E-state index is 8.52. The fourth-order valence-corrected chi connectivity index (χ4v) is 1.22. The predicted octanol–water partition coefficient (Wildman–Crippen LogP) is 1.35. The molecule has 0 fully saturated rings. The molecular weight excluding hydrogens is 140 g/mol. The standard InChI is InChI=1S/C9H14O2/c10-9(11)7-6-8-4-2-1-3-5-8/h4,6-7,9-11H,1-3,5H2/b7-6+. The van der Waals surface area contributed by atoms with Gasteiger partial charge in [0.05, 0.1) is 0 Å². The van der Waals surface area contributed by atoms with E-state index in [-0.39, 0.29) is 0 Å². The number of hydrogen-bond donors (Lipinski definition) is 2. The number of allylic oxidation sites excluding steroid dienone is 3. The van der Waals surface area contributed by atoms with Crippen LogP contribution in [0.4, 0.5) is 0 Å². The molecule has 0 radical (unpaired) electrons. The zero-order valence-corrected chi connectivity index (χ0v) is 6.53. The van der Waals surface area contributed by atoms with Gasteiger partial charge in [-0.1, -0.05) is 17.7 Å². The summed E-state index contributed by atoms with van der Waals surface area (Å²) in [5.74, 6) is 0. The fraction of sp³-hybridized carbons (Fsp3) is 0.556. The molecule has 0 aromatic carbocycles. The third-order valence-electron chi connectivity index (χ3n) is 1.81. The van der Waals surface area contributed by atoms with E-state index < -0.39 is 6.29 Å². The first kappa shape index (κ1) is 8.50. The summed E-state index contributed by atoms with van der Waals surface area (Å²) in [5, 5.41) is 17.0. The first-order valence-electron chi connectivity index (χ1n) is 4.02. The van der Waals surface area contributed by atoms with Crippen molar-refractivity contribution in [2.45, 2.75) is 32.0 Å². The van der Waals surface area contributed by atoms with E-state index in [0.717, 1.165) is 12.8 Å². The lowest BCUT2D eigenvalue weighted by molar-refractivity contribution is 0.00232. The monoisotopic (exact) mass is 154 g/mol. The van der Waals surface area contributed by atoms with Crippen LogP contribution in [-0.2, 0) is 0 Å². The van der Waals surface area contributed by atoms with Gasteiger partial charge in [0.15, 0.2) is 6.29 Å². The number of aliphatic hydroxyl groups excluding tert-OH is 1. The minimum Gasteiger partial charge on any atom is -0.365 e. The Morgan fingerprint density at radius 3 is 2.73 bits per heavy atom. The zero-order chi connectivity index (χ0) is 8.10. The molecule has 0 saturated heterocycles. The second-order valence-corrected chi connectivity index (χ2v) is 2.80. The van der Waals surface area contributed by atoms with E-state index in [1.165, 1.54) is 24.5 Å².